The van der Waals surface area contributed by atoms with Gasteiger partial charge in [0.1, 0.15) is 6.04 Å². The number of rotatable bonds is 9. The third kappa shape index (κ3) is 4.23. The maximum atomic E-state index is 12.5. The Balaban J connectivity index is 2.28. The number of amides is 1. The van der Waals surface area contributed by atoms with Crippen LogP contribution >= 0.6 is 0 Å². The first-order valence-electron chi connectivity index (χ1n) is 8.51. The van der Waals surface area contributed by atoms with Crippen LogP contribution < -0.4 is 5.32 Å². The zero-order valence-corrected chi connectivity index (χ0v) is 15.7. The quantitative estimate of drug-likeness (QED) is 0.713. The predicted molar refractivity (Wildman–Crippen MR) is 98.7 cm³/mol. The summed E-state index contributed by atoms with van der Waals surface area (Å²) in [6.07, 6.45) is 0.214. The molecule has 0 saturated carbocycles. The van der Waals surface area contributed by atoms with Crippen LogP contribution in [0.1, 0.15) is 28.0 Å². The number of hydrogen-bond acceptors (Lipinski definition) is 4. The number of nitrogens with one attached hydrogen (secondary N) is 1. The number of fused-ring (bicyclic) bond motifs is 1. The van der Waals surface area contributed by atoms with Crippen molar-refractivity contribution >= 4 is 22.8 Å². The first kappa shape index (κ1) is 19.9. The van der Waals surface area contributed by atoms with Gasteiger partial charge >= 0.3 is 5.97 Å². The van der Waals surface area contributed by atoms with Gasteiger partial charge in [0.15, 0.2) is 0 Å². The Hall–Kier alpha value is -2.38. The molecule has 1 unspecified atom stereocenters. The van der Waals surface area contributed by atoms with E-state index in [1.54, 1.807) is 13.2 Å². The molecule has 0 fully saturated rings. The number of ether oxygens (including phenoxy) is 2. The van der Waals surface area contributed by atoms with Crippen LogP contribution in [0.2, 0.25) is 0 Å². The Bertz CT molecular complexity index is 797. The van der Waals surface area contributed by atoms with Gasteiger partial charge in [-0.1, -0.05) is 0 Å². The van der Waals surface area contributed by atoms with E-state index in [0.717, 1.165) is 28.7 Å². The van der Waals surface area contributed by atoms with Crippen LogP contribution in [0, 0.1) is 13.8 Å². The average molecular weight is 362 g/mol. The summed E-state index contributed by atoms with van der Waals surface area (Å²) in [4.78, 5) is 23.8. The van der Waals surface area contributed by atoms with Crippen molar-refractivity contribution in [3.05, 3.63) is 35.0 Å². The van der Waals surface area contributed by atoms with Gasteiger partial charge in [-0.2, -0.15) is 0 Å². The summed E-state index contributed by atoms with van der Waals surface area (Å²) in [6.45, 7) is 5.65. The van der Waals surface area contributed by atoms with E-state index in [-0.39, 0.29) is 13.0 Å². The van der Waals surface area contributed by atoms with Crippen molar-refractivity contribution < 1.29 is 24.2 Å². The molecule has 7 heteroatoms. The van der Waals surface area contributed by atoms with Crippen LogP contribution in [0.15, 0.2) is 18.2 Å². The molecule has 1 heterocycles. The molecule has 0 spiro atoms. The Kier molecular flexibility index (Phi) is 6.76. The molecule has 7 nitrogen and oxygen atoms in total. The molecule has 1 atom stereocenters. The summed E-state index contributed by atoms with van der Waals surface area (Å²) < 4.78 is 12.2. The first-order chi connectivity index (χ1) is 12.4. The minimum atomic E-state index is -1.07. The lowest BCUT2D eigenvalue weighted by atomic mass is 10.1. The molecule has 142 valence electrons. The van der Waals surface area contributed by atoms with E-state index in [1.165, 1.54) is 7.11 Å². The highest BCUT2D eigenvalue weighted by Crippen LogP contribution is 2.26. The van der Waals surface area contributed by atoms with E-state index >= 15 is 0 Å². The fourth-order valence-electron chi connectivity index (χ4n) is 3.00. The van der Waals surface area contributed by atoms with E-state index in [2.05, 4.69) is 9.88 Å². The number of methoxy groups -OCH3 is 2. The van der Waals surface area contributed by atoms with E-state index in [1.807, 2.05) is 26.0 Å². The van der Waals surface area contributed by atoms with E-state index < -0.39 is 17.9 Å². The molecule has 0 aliphatic rings. The summed E-state index contributed by atoms with van der Waals surface area (Å²) in [5.74, 6) is -1.48. The minimum Gasteiger partial charge on any atom is -0.480 e. The third-order valence-corrected chi connectivity index (χ3v) is 4.63. The molecule has 0 radical (unpaired) electrons. The highest BCUT2D eigenvalue weighted by molar-refractivity contribution is 6.00. The molecule has 1 aromatic carbocycles. The molecule has 2 N–H and O–H groups in total. The molecule has 1 amide bonds. The molecule has 0 aliphatic carbocycles. The Morgan fingerprint density at radius 3 is 2.50 bits per heavy atom. The van der Waals surface area contributed by atoms with Gasteiger partial charge in [-0.15, -0.1) is 0 Å². The number of aromatic nitrogens is 1. The predicted octanol–water partition coefficient (Wildman–Crippen LogP) is 2.12. The fourth-order valence-corrected chi connectivity index (χ4v) is 3.00. The molecule has 1 aromatic heterocycles. The number of nitrogens with zero attached hydrogens (tertiary/aromatic N) is 1. The number of carbonyl (C=O) groups is 2. The molecule has 0 bridgehead atoms. The molecule has 0 aliphatic heterocycles. The summed E-state index contributed by atoms with van der Waals surface area (Å²) in [6, 6.07) is 4.44. The van der Waals surface area contributed by atoms with Crippen molar-refractivity contribution in [3.8, 4) is 0 Å². The second-order valence-corrected chi connectivity index (χ2v) is 6.23. The molecular weight excluding hydrogens is 336 g/mol. The lowest BCUT2D eigenvalue weighted by Crippen LogP contribution is -2.41. The lowest BCUT2D eigenvalue weighted by Gasteiger charge is -2.14. The molecule has 26 heavy (non-hydrogen) atoms. The van der Waals surface area contributed by atoms with E-state index in [4.69, 9.17) is 9.47 Å². The zero-order valence-electron chi connectivity index (χ0n) is 15.7. The summed E-state index contributed by atoms with van der Waals surface area (Å²) in [5, 5.41) is 12.8. The SMILES string of the molecule is COCCC(NC(=O)c1ccc2c(c1)c(C)c(C)n2CCOC)C(=O)O. The van der Waals surface area contributed by atoms with Gasteiger partial charge in [-0.25, -0.2) is 4.79 Å². The number of carboxylic acids is 1. The minimum absolute atomic E-state index is 0.214. The molecule has 0 saturated heterocycles. The Labute approximate surface area is 152 Å². The van der Waals surface area contributed by atoms with Crippen LogP contribution in [0.4, 0.5) is 0 Å². The van der Waals surface area contributed by atoms with E-state index in [9.17, 15) is 14.7 Å². The zero-order chi connectivity index (χ0) is 19.3. The number of hydrogen-bond donors (Lipinski definition) is 2. The highest BCUT2D eigenvalue weighted by Gasteiger charge is 2.21. The first-order valence-corrected chi connectivity index (χ1v) is 8.51. The van der Waals surface area contributed by atoms with Crippen LogP contribution in [0.5, 0.6) is 0 Å². The summed E-state index contributed by atoms with van der Waals surface area (Å²) in [5.41, 5.74) is 3.69. The fraction of sp³-hybridized carbons (Fsp3) is 0.474. The Morgan fingerprint density at radius 1 is 1.19 bits per heavy atom. The van der Waals surface area contributed by atoms with Crippen molar-refractivity contribution in [2.24, 2.45) is 0 Å². The largest absolute Gasteiger partial charge is 0.480 e. The number of aliphatic carboxylic acids is 1. The van der Waals surface area contributed by atoms with Crippen molar-refractivity contribution in [1.29, 1.82) is 0 Å². The summed E-state index contributed by atoms with van der Waals surface area (Å²) >= 11 is 0. The van der Waals surface area contributed by atoms with Crippen LogP contribution in [-0.4, -0.2) is 55.0 Å². The maximum absolute atomic E-state index is 12.5. The molecule has 2 aromatic rings. The van der Waals surface area contributed by atoms with Gasteiger partial charge in [0.25, 0.3) is 5.91 Å². The van der Waals surface area contributed by atoms with Crippen molar-refractivity contribution in [2.75, 3.05) is 27.4 Å². The van der Waals surface area contributed by atoms with Gasteiger partial charge in [-0.05, 0) is 37.6 Å². The van der Waals surface area contributed by atoms with Crippen LogP contribution in [0.25, 0.3) is 10.9 Å². The maximum Gasteiger partial charge on any atom is 0.326 e. The number of benzene rings is 1. The second-order valence-electron chi connectivity index (χ2n) is 6.23. The van der Waals surface area contributed by atoms with Crippen LogP contribution in [-0.2, 0) is 20.8 Å². The lowest BCUT2D eigenvalue weighted by molar-refractivity contribution is -0.139. The standard InChI is InChI=1S/C19H26N2O5/c1-12-13(2)21(8-10-26-4)17-6-5-14(11-15(12)17)18(22)20-16(19(23)24)7-9-25-3/h5-6,11,16H,7-10H2,1-4H3,(H,20,22)(H,23,24). The van der Waals surface area contributed by atoms with Gasteiger partial charge in [0.2, 0.25) is 0 Å². The Morgan fingerprint density at radius 2 is 1.88 bits per heavy atom. The molecule has 2 rings (SSSR count). The van der Waals surface area contributed by atoms with Crippen molar-refractivity contribution in [1.82, 2.24) is 9.88 Å². The second kappa shape index (κ2) is 8.82. The topological polar surface area (TPSA) is 89.8 Å². The van der Waals surface area contributed by atoms with Gasteiger partial charge in [0, 0.05) is 56.0 Å². The smallest absolute Gasteiger partial charge is 0.326 e. The van der Waals surface area contributed by atoms with Gasteiger partial charge in [0.05, 0.1) is 6.61 Å². The molecular formula is C19H26N2O5. The highest BCUT2D eigenvalue weighted by atomic mass is 16.5. The number of carboxylic acid groups (broad SMARTS) is 1. The number of carbonyl (C=O) groups excluding carboxylic acids is 1. The third-order valence-electron chi connectivity index (χ3n) is 4.63. The van der Waals surface area contributed by atoms with E-state index in [0.29, 0.717) is 12.2 Å². The van der Waals surface area contributed by atoms with Gasteiger partial charge < -0.3 is 24.5 Å². The average Bonchev–Trinajstić information content (AvgIpc) is 2.86. The van der Waals surface area contributed by atoms with Gasteiger partial charge in [-0.3, -0.25) is 4.79 Å². The normalized spacial score (nSPS) is 12.3. The van der Waals surface area contributed by atoms with Crippen molar-refractivity contribution in [2.45, 2.75) is 32.9 Å². The van der Waals surface area contributed by atoms with Crippen LogP contribution in [0.3, 0.4) is 0 Å². The van der Waals surface area contributed by atoms with Crippen molar-refractivity contribution in [3.63, 3.8) is 0 Å². The number of aryl methyl sites for hydroxylation is 1. The summed E-state index contributed by atoms with van der Waals surface area (Å²) in [7, 11) is 3.16. The monoisotopic (exact) mass is 362 g/mol.